The van der Waals surface area contributed by atoms with Crippen molar-refractivity contribution in [3.05, 3.63) is 23.0 Å². The van der Waals surface area contributed by atoms with E-state index < -0.39 is 5.97 Å². The summed E-state index contributed by atoms with van der Waals surface area (Å²) in [6, 6.07) is 2.21. The lowest BCUT2D eigenvalue weighted by Gasteiger charge is -2.32. The minimum atomic E-state index is -0.770. The van der Waals surface area contributed by atoms with Crippen molar-refractivity contribution in [3.63, 3.8) is 0 Å². The van der Waals surface area contributed by atoms with Gasteiger partial charge < -0.3 is 15.0 Å². The summed E-state index contributed by atoms with van der Waals surface area (Å²) in [4.78, 5) is 23.0. The third kappa shape index (κ3) is 2.57. The van der Waals surface area contributed by atoms with Crippen LogP contribution in [-0.4, -0.2) is 27.6 Å². The Hall–Kier alpha value is -1.78. The molecule has 0 bridgehead atoms. The molecule has 1 heterocycles. The Morgan fingerprint density at radius 3 is 2.40 bits per heavy atom. The van der Waals surface area contributed by atoms with Crippen LogP contribution in [-0.2, 0) is 4.79 Å². The summed E-state index contributed by atoms with van der Waals surface area (Å²) in [5, 5.41) is 11.8. The van der Waals surface area contributed by atoms with Crippen molar-refractivity contribution in [2.75, 3.05) is 0 Å². The number of amides is 1. The van der Waals surface area contributed by atoms with Crippen LogP contribution in [0.3, 0.4) is 0 Å². The molecule has 1 amide bonds. The van der Waals surface area contributed by atoms with Crippen LogP contribution in [0.1, 0.15) is 54.5 Å². The van der Waals surface area contributed by atoms with Crippen molar-refractivity contribution < 1.29 is 14.7 Å². The van der Waals surface area contributed by atoms with Gasteiger partial charge in [-0.05, 0) is 46.6 Å². The Kier molecular flexibility index (Phi) is 3.88. The van der Waals surface area contributed by atoms with E-state index in [1.807, 2.05) is 19.9 Å². The molecule has 1 aromatic rings. The Bertz CT molecular complexity index is 540. The summed E-state index contributed by atoms with van der Waals surface area (Å²) < 4.78 is 2.13. The summed E-state index contributed by atoms with van der Waals surface area (Å²) in [6.07, 6.45) is 1.06. The van der Waals surface area contributed by atoms with Gasteiger partial charge in [0.25, 0.3) is 5.91 Å². The molecule has 0 aliphatic heterocycles. The second-order valence-corrected chi connectivity index (χ2v) is 5.93. The van der Waals surface area contributed by atoms with Crippen LogP contribution >= 0.6 is 0 Å². The highest BCUT2D eigenvalue weighted by Gasteiger charge is 2.35. The number of nitrogens with zero attached hydrogens (tertiary/aromatic N) is 1. The van der Waals surface area contributed by atoms with Crippen molar-refractivity contribution in [1.82, 2.24) is 9.88 Å². The van der Waals surface area contributed by atoms with Gasteiger partial charge in [0.15, 0.2) is 0 Å². The number of rotatable bonds is 4. The molecule has 1 saturated carbocycles. The molecule has 2 N–H and O–H groups in total. The minimum Gasteiger partial charge on any atom is -0.481 e. The first-order valence-corrected chi connectivity index (χ1v) is 7.03. The number of aliphatic carboxylic acids is 1. The number of carboxylic acid groups (broad SMARTS) is 1. The van der Waals surface area contributed by atoms with E-state index in [9.17, 15) is 9.59 Å². The minimum absolute atomic E-state index is 0.00861. The number of carboxylic acids is 1. The predicted molar refractivity (Wildman–Crippen MR) is 75.9 cm³/mol. The van der Waals surface area contributed by atoms with E-state index in [2.05, 4.69) is 23.7 Å². The molecule has 5 heteroatoms. The lowest BCUT2D eigenvalue weighted by Crippen LogP contribution is -2.46. The maximum atomic E-state index is 12.3. The maximum absolute atomic E-state index is 12.3. The van der Waals surface area contributed by atoms with Crippen molar-refractivity contribution in [3.8, 4) is 0 Å². The van der Waals surface area contributed by atoms with Gasteiger partial charge >= 0.3 is 5.97 Å². The number of carbonyl (C=O) groups is 2. The fourth-order valence-corrected chi connectivity index (χ4v) is 3.00. The molecule has 1 aromatic heterocycles. The Morgan fingerprint density at radius 2 is 1.95 bits per heavy atom. The van der Waals surface area contributed by atoms with Crippen LogP contribution in [0.2, 0.25) is 0 Å². The van der Waals surface area contributed by atoms with Gasteiger partial charge in [-0.15, -0.1) is 0 Å². The van der Waals surface area contributed by atoms with Gasteiger partial charge in [-0.25, -0.2) is 0 Å². The molecule has 5 nitrogen and oxygen atoms in total. The quantitative estimate of drug-likeness (QED) is 0.887. The van der Waals surface area contributed by atoms with E-state index in [4.69, 9.17) is 5.11 Å². The van der Waals surface area contributed by atoms with Crippen molar-refractivity contribution in [1.29, 1.82) is 0 Å². The fourth-order valence-electron chi connectivity index (χ4n) is 3.00. The van der Waals surface area contributed by atoms with Gasteiger partial charge in [0.1, 0.15) is 0 Å². The highest BCUT2D eigenvalue weighted by atomic mass is 16.4. The van der Waals surface area contributed by atoms with E-state index in [1.165, 1.54) is 0 Å². The molecule has 1 aliphatic rings. The van der Waals surface area contributed by atoms with E-state index >= 15 is 0 Å². The lowest BCUT2D eigenvalue weighted by atomic mass is 9.80. The first-order chi connectivity index (χ1) is 9.31. The Morgan fingerprint density at radius 1 is 1.35 bits per heavy atom. The molecule has 0 atom stereocenters. The molecule has 20 heavy (non-hydrogen) atoms. The van der Waals surface area contributed by atoms with Gasteiger partial charge in [-0.3, -0.25) is 9.59 Å². The molecular formula is C15H22N2O3. The van der Waals surface area contributed by atoms with Crippen LogP contribution in [0, 0.1) is 19.8 Å². The summed E-state index contributed by atoms with van der Waals surface area (Å²) in [6.45, 7) is 8.12. The highest BCUT2D eigenvalue weighted by molar-refractivity contribution is 5.96. The summed E-state index contributed by atoms with van der Waals surface area (Å²) in [5.74, 6) is -1.17. The average Bonchev–Trinajstić information content (AvgIpc) is 2.57. The number of carbonyl (C=O) groups excluding carboxylic acids is 1. The second-order valence-electron chi connectivity index (χ2n) is 5.93. The monoisotopic (exact) mass is 278 g/mol. The van der Waals surface area contributed by atoms with Crippen LogP contribution in [0.4, 0.5) is 0 Å². The predicted octanol–water partition coefficient (Wildman–Crippen LogP) is 2.28. The first kappa shape index (κ1) is 14.6. The largest absolute Gasteiger partial charge is 0.481 e. The number of aromatic nitrogens is 1. The number of aryl methyl sites for hydroxylation is 1. The molecule has 110 valence electrons. The third-order valence-electron chi connectivity index (χ3n) is 4.07. The zero-order valence-corrected chi connectivity index (χ0v) is 12.4. The van der Waals surface area contributed by atoms with Crippen molar-refractivity contribution in [2.45, 2.75) is 52.6 Å². The summed E-state index contributed by atoms with van der Waals surface area (Å²) in [5.41, 5.74) is 2.72. The average molecular weight is 278 g/mol. The van der Waals surface area contributed by atoms with E-state index in [0.717, 1.165) is 11.4 Å². The summed E-state index contributed by atoms with van der Waals surface area (Å²) >= 11 is 0. The molecule has 0 saturated heterocycles. The van der Waals surface area contributed by atoms with Gasteiger partial charge in [0, 0.05) is 23.5 Å². The molecule has 1 fully saturated rings. The highest BCUT2D eigenvalue weighted by Crippen LogP contribution is 2.28. The van der Waals surface area contributed by atoms with E-state index in [1.54, 1.807) is 0 Å². The number of hydrogen-bond acceptors (Lipinski definition) is 2. The smallest absolute Gasteiger partial charge is 0.306 e. The van der Waals surface area contributed by atoms with Crippen molar-refractivity contribution in [2.24, 2.45) is 5.92 Å². The second kappa shape index (κ2) is 5.31. The van der Waals surface area contributed by atoms with Crippen molar-refractivity contribution >= 4 is 11.9 Å². The molecule has 0 aromatic carbocycles. The first-order valence-electron chi connectivity index (χ1n) is 7.03. The summed E-state index contributed by atoms with van der Waals surface area (Å²) in [7, 11) is 0. The number of nitrogens with one attached hydrogen (secondary N) is 1. The fraction of sp³-hybridized carbons (Fsp3) is 0.600. The topological polar surface area (TPSA) is 71.3 Å². The van der Waals surface area contributed by atoms with Crippen LogP contribution in [0.5, 0.6) is 0 Å². The number of hydrogen-bond donors (Lipinski definition) is 2. The normalized spacial score (nSPS) is 21.6. The zero-order valence-electron chi connectivity index (χ0n) is 12.4. The molecule has 0 radical (unpaired) electrons. The van der Waals surface area contributed by atoms with Crippen LogP contribution in [0.15, 0.2) is 6.07 Å². The molecule has 0 unspecified atom stereocenters. The maximum Gasteiger partial charge on any atom is 0.306 e. The lowest BCUT2D eigenvalue weighted by molar-refractivity contribution is -0.145. The molecule has 2 rings (SSSR count). The third-order valence-corrected chi connectivity index (χ3v) is 4.07. The van der Waals surface area contributed by atoms with Crippen LogP contribution in [0.25, 0.3) is 0 Å². The molecule has 0 spiro atoms. The van der Waals surface area contributed by atoms with Gasteiger partial charge in [-0.1, -0.05) is 0 Å². The SMILES string of the molecule is Cc1cc(C(=O)NC2CC(C(=O)O)C2)c(C)n1C(C)C. The molecule has 1 aliphatic carbocycles. The van der Waals surface area contributed by atoms with E-state index in [0.29, 0.717) is 24.4 Å². The van der Waals surface area contributed by atoms with Gasteiger partial charge in [-0.2, -0.15) is 0 Å². The van der Waals surface area contributed by atoms with E-state index in [-0.39, 0.29) is 17.9 Å². The van der Waals surface area contributed by atoms with Gasteiger partial charge in [0.05, 0.1) is 11.5 Å². The standard InChI is InChI=1S/C15H22N2O3/c1-8(2)17-9(3)5-13(10(17)4)14(18)16-12-6-11(7-12)15(19)20/h5,8,11-12H,6-7H2,1-4H3,(H,16,18)(H,19,20). The molecular weight excluding hydrogens is 256 g/mol. The van der Waals surface area contributed by atoms with Gasteiger partial charge in [0.2, 0.25) is 0 Å². The zero-order chi connectivity index (χ0) is 15.0. The Labute approximate surface area is 119 Å². The van der Waals surface area contributed by atoms with Crippen LogP contribution < -0.4 is 5.32 Å². The Balaban J connectivity index is 2.04.